The van der Waals surface area contributed by atoms with E-state index in [1.165, 1.54) is 0 Å². The van der Waals surface area contributed by atoms with E-state index in [2.05, 4.69) is 15.9 Å². The topological polar surface area (TPSA) is 26.3 Å². The van der Waals surface area contributed by atoms with Gasteiger partial charge in [0.1, 0.15) is 6.61 Å². The van der Waals surface area contributed by atoms with Gasteiger partial charge in [0.15, 0.2) is 0 Å². The van der Waals surface area contributed by atoms with Crippen LogP contribution in [0.3, 0.4) is 0 Å². The van der Waals surface area contributed by atoms with Gasteiger partial charge < -0.3 is 4.74 Å². The van der Waals surface area contributed by atoms with E-state index in [1.54, 1.807) is 11.3 Å². The Balaban J connectivity index is 1.82. The quantitative estimate of drug-likeness (QED) is 0.803. The molecule has 0 spiro atoms. The Labute approximate surface area is 112 Å². The second kappa shape index (κ2) is 5.98. The van der Waals surface area contributed by atoms with Crippen molar-refractivity contribution in [1.82, 2.24) is 0 Å². The van der Waals surface area contributed by atoms with Crippen molar-refractivity contribution < 1.29 is 9.53 Å². The third-order valence-corrected chi connectivity index (χ3v) is 3.77. The smallest absolute Gasteiger partial charge is 0.310 e. The summed E-state index contributed by atoms with van der Waals surface area (Å²) in [6.07, 6.45) is 0.326. The van der Waals surface area contributed by atoms with E-state index in [4.69, 9.17) is 4.74 Å². The number of carbonyl (C=O) groups excluding carboxylic acids is 1. The first kappa shape index (κ1) is 12.3. The van der Waals surface area contributed by atoms with Crippen molar-refractivity contribution in [2.75, 3.05) is 0 Å². The van der Waals surface area contributed by atoms with Gasteiger partial charge in [-0.25, -0.2) is 0 Å². The number of rotatable bonds is 4. The summed E-state index contributed by atoms with van der Waals surface area (Å²) in [6, 6.07) is 11.6. The zero-order chi connectivity index (χ0) is 12.1. The highest BCUT2D eigenvalue weighted by Gasteiger charge is 2.05. The van der Waals surface area contributed by atoms with Crippen LogP contribution in [0.5, 0.6) is 0 Å². The minimum atomic E-state index is -0.196. The molecule has 0 aliphatic rings. The first-order valence-corrected chi connectivity index (χ1v) is 6.84. The molecule has 1 aromatic carbocycles. The molecule has 0 saturated heterocycles. The van der Waals surface area contributed by atoms with Crippen molar-refractivity contribution in [3.63, 3.8) is 0 Å². The van der Waals surface area contributed by atoms with Crippen molar-refractivity contribution in [2.24, 2.45) is 0 Å². The minimum absolute atomic E-state index is 0.196. The van der Waals surface area contributed by atoms with E-state index < -0.39 is 0 Å². The first-order chi connectivity index (χ1) is 8.24. The number of ether oxygens (including phenoxy) is 1. The van der Waals surface area contributed by atoms with Crippen LogP contribution >= 0.6 is 27.3 Å². The zero-order valence-corrected chi connectivity index (χ0v) is 11.5. The van der Waals surface area contributed by atoms with Crippen molar-refractivity contribution in [3.05, 3.63) is 56.7 Å². The van der Waals surface area contributed by atoms with Crippen LogP contribution in [0.15, 0.2) is 45.6 Å². The fourth-order valence-corrected chi connectivity index (χ4v) is 2.59. The molecule has 4 heteroatoms. The van der Waals surface area contributed by atoms with Gasteiger partial charge in [-0.2, -0.15) is 0 Å². The van der Waals surface area contributed by atoms with Crippen molar-refractivity contribution >= 4 is 33.2 Å². The second-order valence-electron chi connectivity index (χ2n) is 3.58. The van der Waals surface area contributed by atoms with Crippen LogP contribution in [0.25, 0.3) is 0 Å². The predicted molar refractivity (Wildman–Crippen MR) is 72.0 cm³/mol. The van der Waals surface area contributed by atoms with Crippen LogP contribution in [-0.2, 0) is 22.6 Å². The SMILES string of the molecule is O=C(Cc1ccccc1)OCc1csc(Br)c1. The summed E-state index contributed by atoms with van der Waals surface area (Å²) in [5.74, 6) is -0.196. The molecule has 0 unspecified atom stereocenters. The van der Waals surface area contributed by atoms with Gasteiger partial charge in [0, 0.05) is 5.56 Å². The highest BCUT2D eigenvalue weighted by atomic mass is 79.9. The molecule has 0 fully saturated rings. The number of hydrogen-bond donors (Lipinski definition) is 0. The molecule has 0 aliphatic heterocycles. The highest BCUT2D eigenvalue weighted by molar-refractivity contribution is 9.11. The fraction of sp³-hybridized carbons (Fsp3) is 0.154. The van der Waals surface area contributed by atoms with Crippen molar-refractivity contribution in [2.45, 2.75) is 13.0 Å². The number of thiophene rings is 1. The maximum Gasteiger partial charge on any atom is 0.310 e. The summed E-state index contributed by atoms with van der Waals surface area (Å²) in [5, 5.41) is 1.97. The van der Waals surface area contributed by atoms with Crippen LogP contribution in [-0.4, -0.2) is 5.97 Å². The van der Waals surface area contributed by atoms with Crippen LogP contribution in [0.4, 0.5) is 0 Å². The number of halogens is 1. The Morgan fingerprint density at radius 3 is 2.65 bits per heavy atom. The Kier molecular flexibility index (Phi) is 4.34. The van der Waals surface area contributed by atoms with Gasteiger partial charge in [0.25, 0.3) is 0 Å². The third kappa shape index (κ3) is 3.98. The average molecular weight is 311 g/mol. The van der Waals surface area contributed by atoms with E-state index in [0.717, 1.165) is 14.9 Å². The van der Waals surface area contributed by atoms with Crippen LogP contribution in [0, 0.1) is 0 Å². The molecule has 0 amide bonds. The van der Waals surface area contributed by atoms with Crippen LogP contribution < -0.4 is 0 Å². The Hall–Kier alpha value is -1.13. The van der Waals surface area contributed by atoms with E-state index in [1.807, 2.05) is 41.8 Å². The largest absolute Gasteiger partial charge is 0.461 e. The molecular weight excluding hydrogens is 300 g/mol. The highest BCUT2D eigenvalue weighted by Crippen LogP contribution is 2.21. The number of hydrogen-bond acceptors (Lipinski definition) is 3. The van der Waals surface area contributed by atoms with Gasteiger partial charge in [-0.05, 0) is 32.9 Å². The van der Waals surface area contributed by atoms with Gasteiger partial charge in [0.2, 0.25) is 0 Å². The summed E-state index contributed by atoms with van der Waals surface area (Å²) in [5.41, 5.74) is 1.99. The lowest BCUT2D eigenvalue weighted by atomic mass is 10.2. The maximum absolute atomic E-state index is 11.6. The van der Waals surface area contributed by atoms with Crippen molar-refractivity contribution in [1.29, 1.82) is 0 Å². The van der Waals surface area contributed by atoms with Gasteiger partial charge >= 0.3 is 5.97 Å². The molecule has 0 aliphatic carbocycles. The molecule has 0 radical (unpaired) electrons. The van der Waals surface area contributed by atoms with E-state index >= 15 is 0 Å². The Morgan fingerprint density at radius 2 is 2.00 bits per heavy atom. The fourth-order valence-electron chi connectivity index (χ4n) is 1.40. The molecule has 0 saturated carbocycles. The van der Waals surface area contributed by atoms with E-state index in [0.29, 0.717) is 13.0 Å². The van der Waals surface area contributed by atoms with E-state index in [9.17, 15) is 4.79 Å². The minimum Gasteiger partial charge on any atom is -0.461 e. The lowest BCUT2D eigenvalue weighted by molar-refractivity contribution is -0.144. The van der Waals surface area contributed by atoms with Gasteiger partial charge in [0.05, 0.1) is 10.2 Å². The molecule has 0 N–H and O–H groups in total. The number of esters is 1. The predicted octanol–water partition coefficient (Wildman–Crippen LogP) is 3.80. The molecule has 0 atom stereocenters. The van der Waals surface area contributed by atoms with Gasteiger partial charge in [-0.3, -0.25) is 4.79 Å². The summed E-state index contributed by atoms with van der Waals surface area (Å²) in [6.45, 7) is 0.341. The number of benzene rings is 1. The average Bonchev–Trinajstić information content (AvgIpc) is 2.74. The Morgan fingerprint density at radius 1 is 1.24 bits per heavy atom. The summed E-state index contributed by atoms with van der Waals surface area (Å²) < 4.78 is 6.24. The molecule has 2 rings (SSSR count). The molecule has 0 bridgehead atoms. The second-order valence-corrected chi connectivity index (χ2v) is 5.87. The number of carbonyl (C=O) groups is 1. The zero-order valence-electron chi connectivity index (χ0n) is 9.06. The van der Waals surface area contributed by atoms with Crippen molar-refractivity contribution in [3.8, 4) is 0 Å². The van der Waals surface area contributed by atoms with E-state index in [-0.39, 0.29) is 5.97 Å². The molecule has 1 aromatic heterocycles. The monoisotopic (exact) mass is 310 g/mol. The molecule has 2 aromatic rings. The Bertz CT molecular complexity index is 493. The maximum atomic E-state index is 11.6. The molecule has 17 heavy (non-hydrogen) atoms. The molecule has 88 valence electrons. The molecular formula is C13H11BrO2S. The van der Waals surface area contributed by atoms with Crippen LogP contribution in [0.2, 0.25) is 0 Å². The lowest BCUT2D eigenvalue weighted by Gasteiger charge is -2.03. The summed E-state index contributed by atoms with van der Waals surface area (Å²) in [7, 11) is 0. The summed E-state index contributed by atoms with van der Waals surface area (Å²) in [4.78, 5) is 11.6. The summed E-state index contributed by atoms with van der Waals surface area (Å²) >= 11 is 4.96. The van der Waals surface area contributed by atoms with Gasteiger partial charge in [-0.15, -0.1) is 11.3 Å². The first-order valence-electron chi connectivity index (χ1n) is 5.16. The standard InChI is InChI=1S/C13H11BrO2S/c14-12-6-11(9-17-12)8-16-13(15)7-10-4-2-1-3-5-10/h1-6,9H,7-8H2. The normalized spacial score (nSPS) is 10.2. The third-order valence-electron chi connectivity index (χ3n) is 2.21. The molecule has 2 nitrogen and oxygen atoms in total. The molecule has 1 heterocycles. The van der Waals surface area contributed by atoms with Crippen LogP contribution in [0.1, 0.15) is 11.1 Å². The van der Waals surface area contributed by atoms with Gasteiger partial charge in [-0.1, -0.05) is 30.3 Å². The lowest BCUT2D eigenvalue weighted by Crippen LogP contribution is -2.07.